The van der Waals surface area contributed by atoms with E-state index in [1.165, 1.54) is 0 Å². The molecule has 0 saturated carbocycles. The molecule has 0 aromatic carbocycles. The van der Waals surface area contributed by atoms with Crippen LogP contribution in [-0.4, -0.2) is 36.6 Å². The van der Waals surface area contributed by atoms with Gasteiger partial charge in [-0.3, -0.25) is 0 Å². The maximum absolute atomic E-state index is 7.33. The quantitative estimate of drug-likeness (QED) is 0.273. The monoisotopic (exact) mass is 171 g/mol. The van der Waals surface area contributed by atoms with Gasteiger partial charge in [-0.25, -0.2) is 0 Å². The fraction of sp³-hybridized carbons (Fsp3) is 0. The summed E-state index contributed by atoms with van der Waals surface area (Å²) in [6.45, 7) is 0. The predicted octanol–water partition coefficient (Wildman–Crippen LogP) is -8.76. The summed E-state index contributed by atoms with van der Waals surface area (Å²) in [5, 5.41) is 0. The molecule has 4 nitrogen and oxygen atoms in total. The van der Waals surface area contributed by atoms with Gasteiger partial charge in [-0.15, -0.1) is 0 Å². The smallest absolute Gasteiger partial charge is 1.00 e. The molecule has 0 aliphatic carbocycles. The summed E-state index contributed by atoms with van der Waals surface area (Å²) in [7, 11) is -4.61. The Hall–Kier alpha value is 2.76. The first kappa shape index (κ1) is 22.4. The van der Waals surface area contributed by atoms with Crippen molar-refractivity contribution in [2.45, 2.75) is 0 Å². The van der Waals surface area contributed by atoms with Crippen molar-refractivity contribution >= 4 is 17.5 Å². The van der Waals surface area contributed by atoms with Gasteiger partial charge in [-0.05, 0) is 0 Å². The average Bonchev–Trinajstić information content (AvgIpc) is 0.722. The van der Waals surface area contributed by atoms with Crippen LogP contribution < -0.4 is 80.9 Å². The third-order valence-corrected chi connectivity index (χ3v) is 0. The molecule has 0 fully saturated rings. The second kappa shape index (κ2) is 9.76. The Labute approximate surface area is 118 Å². The van der Waals surface area contributed by atoms with E-state index in [9.17, 15) is 0 Å². The first-order chi connectivity index (χ1) is 2.00. The van der Waals surface area contributed by atoms with Crippen molar-refractivity contribution in [1.29, 1.82) is 0 Å². The van der Waals surface area contributed by atoms with Gasteiger partial charge in [0.15, 0.2) is 0 Å². The Bertz CT molecular complexity index is 38.7. The largest absolute Gasteiger partial charge is 1.00 e. The molecule has 0 aromatic heterocycles. The van der Waals surface area contributed by atoms with Crippen LogP contribution in [0.4, 0.5) is 0 Å². The molecule has 0 unspecified atom stereocenters. The molecule has 0 aliphatic heterocycles. The second-order valence-electron chi connectivity index (χ2n) is 0.600. The topological polar surface area (TPSA) is 80.9 Å². The number of hydrogen-bond acceptors (Lipinski definition) is 4. The van der Waals surface area contributed by atoms with Crippen LogP contribution in [0.1, 0.15) is 2.85 Å². The minimum Gasteiger partial charge on any atom is -1.00 e. The van der Waals surface area contributed by atoms with Crippen molar-refractivity contribution < 1.29 is 103 Å². The van der Waals surface area contributed by atoms with Crippen LogP contribution in [-0.2, 0) is 0 Å². The van der Waals surface area contributed by atoms with E-state index in [1.807, 2.05) is 0 Å². The Morgan fingerprint density at radius 3 is 1.00 bits per heavy atom. The van der Waals surface area contributed by atoms with Crippen LogP contribution in [0.3, 0.4) is 0 Å². The first-order valence-electron chi connectivity index (χ1n) is 0.894. The molecular weight excluding hydrogens is 165 g/mol. The molecule has 0 saturated heterocycles. The molecule has 0 bridgehead atoms. The molecule has 0 amide bonds. The van der Waals surface area contributed by atoms with Gasteiger partial charge in [-0.2, -0.15) is 0 Å². The standard InChI is InChI=1S/B.K.Na.H4O4Si.2H/c;;;1-5(2,3)4;;/h;;;1-4H;;/q;2*+1;;2*-1. The Morgan fingerprint density at radius 2 is 1.00 bits per heavy atom. The molecule has 4 N–H and O–H groups in total. The average molecular weight is 171 g/mol. The van der Waals surface area contributed by atoms with E-state index in [2.05, 4.69) is 0 Å². The molecule has 3 radical (unpaired) electrons. The SMILES string of the molecule is O[Si](O)(O)O.[B].[H-].[H-].[K+].[Na+]. The fourth-order valence-corrected chi connectivity index (χ4v) is 0. The van der Waals surface area contributed by atoms with E-state index in [0.29, 0.717) is 0 Å². The molecule has 8 heteroatoms. The van der Waals surface area contributed by atoms with Crippen molar-refractivity contribution in [2.24, 2.45) is 0 Å². The van der Waals surface area contributed by atoms with Gasteiger partial charge in [0.2, 0.25) is 0 Å². The van der Waals surface area contributed by atoms with E-state index in [0.717, 1.165) is 0 Å². The first-order valence-corrected chi connectivity index (χ1v) is 2.68. The summed E-state index contributed by atoms with van der Waals surface area (Å²) >= 11 is 0. The zero-order valence-corrected chi connectivity index (χ0v) is 11.0. The molecule has 0 aromatic rings. The van der Waals surface area contributed by atoms with Gasteiger partial charge in [0.05, 0.1) is 0 Å². The number of hydrogen-bond donors (Lipinski definition) is 4. The number of rotatable bonds is 0. The zero-order valence-electron chi connectivity index (χ0n) is 6.87. The predicted molar refractivity (Wildman–Crippen MR) is 22.6 cm³/mol. The molecule has 8 heavy (non-hydrogen) atoms. The molecule has 0 aliphatic rings. The molecule has 0 atom stereocenters. The molecular formula is H6BKNaO4Si. The maximum atomic E-state index is 7.33. The Morgan fingerprint density at radius 1 is 1.00 bits per heavy atom. The van der Waals surface area contributed by atoms with Gasteiger partial charge >= 0.3 is 90.0 Å². The van der Waals surface area contributed by atoms with E-state index in [-0.39, 0.29) is 92.2 Å². The van der Waals surface area contributed by atoms with Crippen molar-refractivity contribution in [2.75, 3.05) is 0 Å². The molecule has 0 rings (SSSR count). The van der Waals surface area contributed by atoms with Crippen LogP contribution in [0.5, 0.6) is 0 Å². The normalized spacial score (nSPS) is 7.50. The molecule has 39 valence electrons. The third-order valence-electron chi connectivity index (χ3n) is 0. The second-order valence-corrected chi connectivity index (χ2v) is 1.80. The summed E-state index contributed by atoms with van der Waals surface area (Å²) in [5.74, 6) is 0. The third kappa shape index (κ3) is 69.3. The summed E-state index contributed by atoms with van der Waals surface area (Å²) < 4.78 is 0. The van der Waals surface area contributed by atoms with E-state index < -0.39 is 9.05 Å². The summed E-state index contributed by atoms with van der Waals surface area (Å²) in [6, 6.07) is 0. The Kier molecular flexibility index (Phi) is 27.4. The van der Waals surface area contributed by atoms with Gasteiger partial charge in [0, 0.05) is 8.41 Å². The van der Waals surface area contributed by atoms with E-state index in [4.69, 9.17) is 19.2 Å². The maximum Gasteiger partial charge on any atom is 1.00 e. The van der Waals surface area contributed by atoms with Crippen molar-refractivity contribution in [3.63, 3.8) is 0 Å². The van der Waals surface area contributed by atoms with Crippen LogP contribution in [0.15, 0.2) is 0 Å². The minimum atomic E-state index is -4.61. The van der Waals surface area contributed by atoms with Crippen LogP contribution in [0, 0.1) is 0 Å². The van der Waals surface area contributed by atoms with Gasteiger partial charge in [0.25, 0.3) is 0 Å². The van der Waals surface area contributed by atoms with Crippen molar-refractivity contribution in [3.8, 4) is 0 Å². The molecule has 0 heterocycles. The summed E-state index contributed by atoms with van der Waals surface area (Å²) in [4.78, 5) is 29.3. The summed E-state index contributed by atoms with van der Waals surface area (Å²) in [5.41, 5.74) is 0. The van der Waals surface area contributed by atoms with Gasteiger partial charge in [-0.1, -0.05) is 0 Å². The van der Waals surface area contributed by atoms with E-state index >= 15 is 0 Å². The van der Waals surface area contributed by atoms with Gasteiger partial charge < -0.3 is 22.0 Å². The van der Waals surface area contributed by atoms with Crippen LogP contribution in [0.25, 0.3) is 0 Å². The van der Waals surface area contributed by atoms with Crippen molar-refractivity contribution in [3.05, 3.63) is 0 Å². The molecule has 0 spiro atoms. The summed E-state index contributed by atoms with van der Waals surface area (Å²) in [6.07, 6.45) is 0. The fourth-order valence-electron chi connectivity index (χ4n) is 0. The van der Waals surface area contributed by atoms with Crippen LogP contribution in [0.2, 0.25) is 0 Å². The van der Waals surface area contributed by atoms with Crippen LogP contribution >= 0.6 is 0 Å². The zero-order chi connectivity index (χ0) is 4.50. The van der Waals surface area contributed by atoms with E-state index in [1.54, 1.807) is 0 Å². The van der Waals surface area contributed by atoms with Crippen molar-refractivity contribution in [1.82, 2.24) is 0 Å². The van der Waals surface area contributed by atoms with Gasteiger partial charge in [0.1, 0.15) is 0 Å². The Balaban J connectivity index is -0.00000000800. The minimum absolute atomic E-state index is 0.